The van der Waals surface area contributed by atoms with Gasteiger partial charge in [0.05, 0.1) is 23.8 Å². The Labute approximate surface area is 187 Å². The molecular formula is C21H24F3N5O2S. The second-order valence-corrected chi connectivity index (χ2v) is 8.68. The minimum absolute atomic E-state index is 0.0141. The van der Waals surface area contributed by atoms with E-state index in [1.165, 1.54) is 17.4 Å². The number of rotatable bonds is 7. The van der Waals surface area contributed by atoms with Crippen molar-refractivity contribution in [3.8, 4) is 10.6 Å². The van der Waals surface area contributed by atoms with Crippen LogP contribution in [0.5, 0.6) is 0 Å². The van der Waals surface area contributed by atoms with Gasteiger partial charge in [-0.15, -0.1) is 11.3 Å². The fourth-order valence-electron chi connectivity index (χ4n) is 3.54. The molecule has 1 aliphatic heterocycles. The summed E-state index contributed by atoms with van der Waals surface area (Å²) in [6.45, 7) is 6.33. The highest BCUT2D eigenvalue weighted by molar-refractivity contribution is 7.15. The smallest absolute Gasteiger partial charge is 0.379 e. The second-order valence-electron chi connectivity index (χ2n) is 7.51. The van der Waals surface area contributed by atoms with Crippen LogP contribution in [0.25, 0.3) is 16.2 Å². The van der Waals surface area contributed by atoms with Crippen molar-refractivity contribution >= 4 is 22.9 Å². The monoisotopic (exact) mass is 467 g/mol. The minimum Gasteiger partial charge on any atom is -0.379 e. The standard InChI is InChI=1S/C21H24F3N5O2S/c1-2-14-4-5-17(32-14)15-12-18(21(22,23)24)29-19(26-15)13-16(27-29)20(30)25-6-3-7-28-8-10-31-11-9-28/h4-5,12-13H,2-3,6-11H2,1H3,(H,25,30). The van der Waals surface area contributed by atoms with Gasteiger partial charge < -0.3 is 10.1 Å². The molecule has 7 nitrogen and oxygen atoms in total. The quantitative estimate of drug-likeness (QED) is 0.539. The van der Waals surface area contributed by atoms with Gasteiger partial charge >= 0.3 is 6.18 Å². The molecule has 4 heterocycles. The number of halogens is 3. The highest BCUT2D eigenvalue weighted by atomic mass is 32.1. The molecule has 4 rings (SSSR count). The average molecular weight is 468 g/mol. The number of aromatic nitrogens is 3. The number of thiophene rings is 1. The predicted octanol–water partition coefficient (Wildman–Crippen LogP) is 3.49. The Morgan fingerprint density at radius 1 is 1.25 bits per heavy atom. The lowest BCUT2D eigenvalue weighted by Crippen LogP contribution is -2.38. The van der Waals surface area contributed by atoms with E-state index in [-0.39, 0.29) is 17.0 Å². The van der Waals surface area contributed by atoms with Crippen molar-refractivity contribution in [2.24, 2.45) is 0 Å². The summed E-state index contributed by atoms with van der Waals surface area (Å²) in [5.74, 6) is -0.517. The van der Waals surface area contributed by atoms with Crippen molar-refractivity contribution in [3.05, 3.63) is 40.5 Å². The van der Waals surface area contributed by atoms with Crippen LogP contribution >= 0.6 is 11.3 Å². The number of amides is 1. The maximum absolute atomic E-state index is 13.7. The molecule has 1 N–H and O–H groups in total. The summed E-state index contributed by atoms with van der Waals surface area (Å²) in [6.07, 6.45) is -3.12. The fourth-order valence-corrected chi connectivity index (χ4v) is 4.45. The second kappa shape index (κ2) is 9.55. The summed E-state index contributed by atoms with van der Waals surface area (Å²) in [7, 11) is 0. The van der Waals surface area contributed by atoms with Gasteiger partial charge in [0, 0.05) is 30.6 Å². The third-order valence-corrected chi connectivity index (χ3v) is 6.51. The number of hydrogen-bond acceptors (Lipinski definition) is 6. The molecule has 0 unspecified atom stereocenters. The number of ether oxygens (including phenoxy) is 1. The van der Waals surface area contributed by atoms with Crippen LogP contribution in [0.15, 0.2) is 24.3 Å². The lowest BCUT2D eigenvalue weighted by molar-refractivity contribution is -0.142. The zero-order chi connectivity index (χ0) is 22.7. The van der Waals surface area contributed by atoms with E-state index in [1.807, 2.05) is 13.0 Å². The van der Waals surface area contributed by atoms with Crippen molar-refractivity contribution in [2.75, 3.05) is 39.4 Å². The normalized spacial score (nSPS) is 15.4. The molecule has 1 saturated heterocycles. The molecule has 0 radical (unpaired) electrons. The third-order valence-electron chi connectivity index (χ3n) is 5.25. The van der Waals surface area contributed by atoms with Crippen LogP contribution in [0.4, 0.5) is 13.2 Å². The maximum Gasteiger partial charge on any atom is 0.433 e. The lowest BCUT2D eigenvalue weighted by atomic mass is 10.2. The first kappa shape index (κ1) is 22.7. The number of nitrogens with one attached hydrogen (secondary N) is 1. The Morgan fingerprint density at radius 2 is 2.03 bits per heavy atom. The Morgan fingerprint density at radius 3 is 2.72 bits per heavy atom. The largest absolute Gasteiger partial charge is 0.433 e. The number of hydrogen-bond donors (Lipinski definition) is 1. The van der Waals surface area contributed by atoms with Gasteiger partial charge in [0.2, 0.25) is 0 Å². The van der Waals surface area contributed by atoms with Crippen molar-refractivity contribution in [2.45, 2.75) is 25.9 Å². The molecule has 0 saturated carbocycles. The van der Waals surface area contributed by atoms with Crippen molar-refractivity contribution in [1.29, 1.82) is 0 Å². The van der Waals surface area contributed by atoms with Gasteiger partial charge in [-0.2, -0.15) is 18.3 Å². The number of carbonyl (C=O) groups excluding carboxylic acids is 1. The van der Waals surface area contributed by atoms with Crippen LogP contribution in [0.2, 0.25) is 0 Å². The van der Waals surface area contributed by atoms with Gasteiger partial charge in [0.25, 0.3) is 5.91 Å². The van der Waals surface area contributed by atoms with Gasteiger partial charge in [-0.25, -0.2) is 9.50 Å². The molecule has 0 aliphatic carbocycles. The lowest BCUT2D eigenvalue weighted by Gasteiger charge is -2.26. The van der Waals surface area contributed by atoms with Gasteiger partial charge in [0.1, 0.15) is 0 Å². The molecule has 3 aromatic rings. The van der Waals surface area contributed by atoms with E-state index >= 15 is 0 Å². The number of fused-ring (bicyclic) bond motifs is 1. The molecule has 1 fully saturated rings. The zero-order valence-corrected chi connectivity index (χ0v) is 18.4. The summed E-state index contributed by atoms with van der Waals surface area (Å²) >= 11 is 1.40. The van der Waals surface area contributed by atoms with E-state index in [4.69, 9.17) is 4.74 Å². The summed E-state index contributed by atoms with van der Waals surface area (Å²) in [4.78, 5) is 20.8. The zero-order valence-electron chi connectivity index (χ0n) is 17.6. The minimum atomic E-state index is -4.64. The molecule has 0 bridgehead atoms. The van der Waals surface area contributed by atoms with E-state index in [0.717, 1.165) is 43.4 Å². The Hall–Kier alpha value is -2.50. The molecule has 3 aromatic heterocycles. The van der Waals surface area contributed by atoms with Crippen molar-refractivity contribution in [3.63, 3.8) is 0 Å². The molecule has 0 aromatic carbocycles. The molecule has 1 aliphatic rings. The molecular weight excluding hydrogens is 443 g/mol. The molecule has 1 amide bonds. The average Bonchev–Trinajstić information content (AvgIpc) is 3.43. The predicted molar refractivity (Wildman–Crippen MR) is 115 cm³/mol. The number of alkyl halides is 3. The highest BCUT2D eigenvalue weighted by Gasteiger charge is 2.35. The number of nitrogens with zero attached hydrogens (tertiary/aromatic N) is 4. The van der Waals surface area contributed by atoms with Gasteiger partial charge in [-0.1, -0.05) is 6.92 Å². The van der Waals surface area contributed by atoms with E-state index in [2.05, 4.69) is 20.3 Å². The topological polar surface area (TPSA) is 71.8 Å². The number of morpholine rings is 1. The molecule has 32 heavy (non-hydrogen) atoms. The number of aryl methyl sites for hydroxylation is 1. The van der Waals surface area contributed by atoms with Crippen LogP contribution in [-0.2, 0) is 17.3 Å². The van der Waals surface area contributed by atoms with E-state index in [9.17, 15) is 18.0 Å². The van der Waals surface area contributed by atoms with Crippen LogP contribution in [0, 0.1) is 0 Å². The molecule has 0 atom stereocenters. The van der Waals surface area contributed by atoms with Crippen molar-refractivity contribution in [1.82, 2.24) is 24.8 Å². The van der Waals surface area contributed by atoms with E-state index < -0.39 is 17.8 Å². The first-order chi connectivity index (χ1) is 15.3. The Balaban J connectivity index is 1.52. The first-order valence-electron chi connectivity index (χ1n) is 10.5. The van der Waals surface area contributed by atoms with Crippen molar-refractivity contribution < 1.29 is 22.7 Å². The van der Waals surface area contributed by atoms with Gasteiger partial charge in [-0.3, -0.25) is 9.69 Å². The third kappa shape index (κ3) is 5.11. The van der Waals surface area contributed by atoms with Crippen LogP contribution in [-0.4, -0.2) is 64.8 Å². The van der Waals surface area contributed by atoms with Crippen LogP contribution in [0.1, 0.15) is 34.4 Å². The summed E-state index contributed by atoms with van der Waals surface area (Å²) in [5.41, 5.74) is -0.853. The van der Waals surface area contributed by atoms with E-state index in [1.54, 1.807) is 6.07 Å². The van der Waals surface area contributed by atoms with Gasteiger partial charge in [0.15, 0.2) is 17.0 Å². The SMILES string of the molecule is CCc1ccc(-c2cc(C(F)(F)F)n3nc(C(=O)NCCCN4CCOCC4)cc3n2)s1. The summed E-state index contributed by atoms with van der Waals surface area (Å²) in [5, 5.41) is 6.64. The highest BCUT2D eigenvalue weighted by Crippen LogP contribution is 2.34. The number of carbonyl (C=O) groups is 1. The molecule has 172 valence electrons. The van der Waals surface area contributed by atoms with Gasteiger partial charge in [-0.05, 0) is 37.6 Å². The Kier molecular flexibility index (Phi) is 6.77. The summed E-state index contributed by atoms with van der Waals surface area (Å²) < 4.78 is 47.2. The maximum atomic E-state index is 13.7. The van der Waals surface area contributed by atoms with Crippen LogP contribution in [0.3, 0.4) is 0 Å². The van der Waals surface area contributed by atoms with E-state index in [0.29, 0.717) is 29.2 Å². The first-order valence-corrected chi connectivity index (χ1v) is 11.3. The summed E-state index contributed by atoms with van der Waals surface area (Å²) in [6, 6.07) is 5.92. The molecule has 0 spiro atoms. The Bertz CT molecular complexity index is 1090. The molecule has 11 heteroatoms. The fraction of sp³-hybridized carbons (Fsp3) is 0.476. The van der Waals surface area contributed by atoms with Crippen LogP contribution < -0.4 is 5.32 Å².